The summed E-state index contributed by atoms with van der Waals surface area (Å²) in [6.07, 6.45) is 0. The van der Waals surface area contributed by atoms with E-state index in [0.29, 0.717) is 0 Å². The molecule has 0 bridgehead atoms. The zero-order chi connectivity index (χ0) is 8.32. The zero-order valence-corrected chi connectivity index (χ0v) is 9.67. The van der Waals surface area contributed by atoms with Crippen LogP contribution in [-0.2, 0) is 0 Å². The molecule has 3 heteroatoms. The zero-order valence-electron chi connectivity index (χ0n) is 7.52. The van der Waals surface area contributed by atoms with E-state index in [0.717, 1.165) is 0 Å². The Bertz CT molecular complexity index is 119. The molecule has 1 fully saturated rings. The van der Waals surface area contributed by atoms with Gasteiger partial charge in [0.2, 0.25) is 0 Å². The van der Waals surface area contributed by atoms with Crippen LogP contribution in [0.4, 0.5) is 0 Å². The molecule has 1 aliphatic heterocycles. The fourth-order valence-corrected chi connectivity index (χ4v) is 2.64. The molecule has 0 unspecified atom stereocenters. The molecule has 66 valence electrons. The molecule has 0 aromatic rings. The Morgan fingerprint density at radius 3 is 2.36 bits per heavy atom. The van der Waals surface area contributed by atoms with Gasteiger partial charge in [0.05, 0.1) is 26.7 Å². The monoisotopic (exact) mass is 269 g/mol. The summed E-state index contributed by atoms with van der Waals surface area (Å²) in [6, 6.07) is 0. The molecule has 1 heterocycles. The van der Waals surface area contributed by atoms with Crippen LogP contribution in [0, 0.1) is 0 Å². The van der Waals surface area contributed by atoms with Crippen LogP contribution in [0.2, 0.25) is 0 Å². The van der Waals surface area contributed by atoms with Crippen molar-refractivity contribution in [2.45, 2.75) is 0 Å². The van der Waals surface area contributed by atoms with Crippen molar-refractivity contribution in [3.63, 3.8) is 0 Å². The molecule has 0 radical (unpaired) electrons. The van der Waals surface area contributed by atoms with Gasteiger partial charge in [-0.25, -0.2) is 0 Å². The first-order valence-electron chi connectivity index (χ1n) is 4.24. The first-order chi connectivity index (χ1) is 5.16. The number of nitrogens with zero attached hydrogens (tertiary/aromatic N) is 2. The van der Waals surface area contributed by atoms with Crippen LogP contribution in [0.3, 0.4) is 0 Å². The number of rotatable bonds is 2. The van der Waals surface area contributed by atoms with E-state index in [9.17, 15) is 0 Å². The Morgan fingerprint density at radius 1 is 1.36 bits per heavy atom. The second kappa shape index (κ2) is 4.05. The van der Waals surface area contributed by atoms with Gasteiger partial charge in [-0.3, -0.25) is 4.90 Å². The normalized spacial score (nSPS) is 25.4. The molecule has 11 heavy (non-hydrogen) atoms. The van der Waals surface area contributed by atoms with Gasteiger partial charge in [0.15, 0.2) is 0 Å². The number of quaternary nitrogens is 1. The van der Waals surface area contributed by atoms with Crippen molar-refractivity contribution in [3.05, 3.63) is 0 Å². The molecule has 0 aromatic carbocycles. The highest BCUT2D eigenvalue weighted by atomic mass is 127. The van der Waals surface area contributed by atoms with Gasteiger partial charge >= 0.3 is 0 Å². The van der Waals surface area contributed by atoms with E-state index in [1.807, 2.05) is 0 Å². The van der Waals surface area contributed by atoms with Gasteiger partial charge < -0.3 is 4.48 Å². The molecule has 0 aliphatic carbocycles. The lowest BCUT2D eigenvalue weighted by molar-refractivity contribution is -0.910. The van der Waals surface area contributed by atoms with E-state index in [4.69, 9.17) is 0 Å². The van der Waals surface area contributed by atoms with E-state index in [1.54, 1.807) is 0 Å². The van der Waals surface area contributed by atoms with Gasteiger partial charge in [-0.05, 0) is 7.05 Å². The number of alkyl halides is 1. The third kappa shape index (κ3) is 2.87. The summed E-state index contributed by atoms with van der Waals surface area (Å²) < 4.78 is 2.57. The van der Waals surface area contributed by atoms with Gasteiger partial charge in [-0.1, -0.05) is 22.6 Å². The predicted molar refractivity (Wildman–Crippen MR) is 57.2 cm³/mol. The summed E-state index contributed by atoms with van der Waals surface area (Å²) >= 11 is 2.48. The van der Waals surface area contributed by atoms with Crippen LogP contribution in [-0.4, -0.2) is 60.6 Å². The van der Waals surface area contributed by atoms with Gasteiger partial charge in [-0.15, -0.1) is 0 Å². The van der Waals surface area contributed by atoms with E-state index < -0.39 is 0 Å². The van der Waals surface area contributed by atoms with Crippen molar-refractivity contribution < 1.29 is 4.48 Å². The predicted octanol–water partition coefficient (Wildman–Crippen LogP) is 0.813. The smallest absolute Gasteiger partial charge is 0.0914 e. The van der Waals surface area contributed by atoms with E-state index >= 15 is 0 Å². The van der Waals surface area contributed by atoms with E-state index in [2.05, 4.69) is 41.6 Å². The molecule has 0 N–H and O–H groups in total. The molecular formula is C8H18IN2+. The van der Waals surface area contributed by atoms with Crippen molar-refractivity contribution in [1.82, 2.24) is 4.90 Å². The van der Waals surface area contributed by atoms with Crippen LogP contribution in [0.25, 0.3) is 0 Å². The summed E-state index contributed by atoms with van der Waals surface area (Å²) in [5.41, 5.74) is 0. The topological polar surface area (TPSA) is 3.24 Å². The minimum absolute atomic E-state index is 1.27. The Morgan fingerprint density at radius 2 is 1.91 bits per heavy atom. The lowest BCUT2D eigenvalue weighted by Crippen LogP contribution is -2.56. The Kier molecular flexibility index (Phi) is 3.58. The van der Waals surface area contributed by atoms with Gasteiger partial charge in [0.25, 0.3) is 0 Å². The number of likely N-dealkylation sites (N-methyl/N-ethyl adjacent to an activating group) is 2. The number of hydrogen-bond acceptors (Lipinski definition) is 1. The van der Waals surface area contributed by atoms with Crippen LogP contribution < -0.4 is 0 Å². The average molecular weight is 269 g/mol. The summed E-state index contributed by atoms with van der Waals surface area (Å²) in [5.74, 6) is 0. The van der Waals surface area contributed by atoms with Crippen molar-refractivity contribution >= 4 is 22.6 Å². The molecule has 0 aromatic heterocycles. The van der Waals surface area contributed by atoms with Gasteiger partial charge in [0, 0.05) is 17.5 Å². The SMILES string of the molecule is CN1CC[N+](C)(CCI)CC1. The molecule has 1 aliphatic rings. The molecular weight excluding hydrogens is 251 g/mol. The largest absolute Gasteiger partial charge is 0.323 e. The minimum atomic E-state index is 1.27. The Balaban J connectivity index is 2.35. The molecule has 0 saturated carbocycles. The third-order valence-electron chi connectivity index (χ3n) is 2.67. The van der Waals surface area contributed by atoms with Crippen LogP contribution in [0.1, 0.15) is 0 Å². The maximum Gasteiger partial charge on any atom is 0.0914 e. The van der Waals surface area contributed by atoms with Crippen molar-refractivity contribution in [1.29, 1.82) is 0 Å². The van der Waals surface area contributed by atoms with Crippen LogP contribution in [0.5, 0.6) is 0 Å². The van der Waals surface area contributed by atoms with Crippen molar-refractivity contribution in [3.8, 4) is 0 Å². The second-order valence-corrected chi connectivity index (χ2v) is 4.86. The van der Waals surface area contributed by atoms with E-state index in [-0.39, 0.29) is 0 Å². The molecule has 0 spiro atoms. The Hall–Kier alpha value is 0.650. The van der Waals surface area contributed by atoms with Crippen LogP contribution >= 0.6 is 22.6 Å². The van der Waals surface area contributed by atoms with Gasteiger partial charge in [-0.2, -0.15) is 0 Å². The summed E-state index contributed by atoms with van der Waals surface area (Å²) in [4.78, 5) is 2.42. The quantitative estimate of drug-likeness (QED) is 0.407. The lowest BCUT2D eigenvalue weighted by Gasteiger charge is -2.40. The highest BCUT2D eigenvalue weighted by Crippen LogP contribution is 2.08. The number of halogens is 1. The first-order valence-corrected chi connectivity index (χ1v) is 5.77. The average Bonchev–Trinajstić information content (AvgIpc) is 1.97. The fourth-order valence-electron chi connectivity index (χ4n) is 1.48. The summed E-state index contributed by atoms with van der Waals surface area (Å²) in [7, 11) is 4.60. The highest BCUT2D eigenvalue weighted by molar-refractivity contribution is 14.1. The fraction of sp³-hybridized carbons (Fsp3) is 1.00. The molecule has 1 rings (SSSR count). The minimum Gasteiger partial charge on any atom is -0.323 e. The van der Waals surface area contributed by atoms with Crippen molar-refractivity contribution in [2.24, 2.45) is 0 Å². The van der Waals surface area contributed by atoms with Gasteiger partial charge in [0.1, 0.15) is 0 Å². The lowest BCUT2D eigenvalue weighted by atomic mass is 10.3. The maximum absolute atomic E-state index is 2.48. The second-order valence-electron chi connectivity index (χ2n) is 3.78. The number of piperazine rings is 1. The first kappa shape index (κ1) is 9.74. The molecule has 1 saturated heterocycles. The Labute approximate surface area is 83.3 Å². The molecule has 2 nitrogen and oxygen atoms in total. The van der Waals surface area contributed by atoms with Crippen molar-refractivity contribution in [2.75, 3.05) is 51.2 Å². The maximum atomic E-state index is 2.48. The summed E-state index contributed by atoms with van der Waals surface area (Å²) in [5, 5.41) is 0. The highest BCUT2D eigenvalue weighted by Gasteiger charge is 2.25. The third-order valence-corrected chi connectivity index (χ3v) is 3.15. The molecule has 0 amide bonds. The standard InChI is InChI=1S/C8H18IN2/c1-10-4-7-11(2,6-3-9)8-5-10/h3-8H2,1-2H3/q+1. The number of hydrogen-bond donors (Lipinski definition) is 0. The van der Waals surface area contributed by atoms with E-state index in [1.165, 1.54) is 41.6 Å². The summed E-state index contributed by atoms with van der Waals surface area (Å²) in [6.45, 7) is 6.55. The van der Waals surface area contributed by atoms with Crippen LogP contribution in [0.15, 0.2) is 0 Å². The molecule has 0 atom stereocenters.